The van der Waals surface area contributed by atoms with Gasteiger partial charge in [-0.05, 0) is 31.8 Å². The van der Waals surface area contributed by atoms with Crippen molar-refractivity contribution in [3.63, 3.8) is 0 Å². The van der Waals surface area contributed by atoms with Gasteiger partial charge in [0.05, 0.1) is 0 Å². The molecule has 0 atom stereocenters. The van der Waals surface area contributed by atoms with Crippen LogP contribution in [0.4, 0.5) is 0 Å². The number of nitrogens with zero attached hydrogens (tertiary/aromatic N) is 3. The fraction of sp³-hybridized carbons (Fsp3) is 0.833. The van der Waals surface area contributed by atoms with E-state index >= 15 is 0 Å². The molecule has 16 heavy (non-hydrogen) atoms. The zero-order chi connectivity index (χ0) is 11.8. The van der Waals surface area contributed by atoms with Crippen molar-refractivity contribution >= 4 is 0 Å². The number of aryl methyl sites for hydroxylation is 2. The van der Waals surface area contributed by atoms with E-state index < -0.39 is 0 Å². The molecule has 4 nitrogen and oxygen atoms in total. The van der Waals surface area contributed by atoms with Gasteiger partial charge in [0.2, 0.25) is 0 Å². The van der Waals surface area contributed by atoms with E-state index in [1.165, 1.54) is 0 Å². The lowest BCUT2D eigenvalue weighted by Gasteiger charge is -2.07. The molecule has 0 amide bonds. The Kier molecular flexibility index (Phi) is 6.08. The standard InChI is InChI=1S/C12H24N4/c1-4-8-16-12(14-10-15-16)6-5-7-13-9-11(2)3/h10-11,13H,4-9H2,1-3H3. The van der Waals surface area contributed by atoms with Crippen molar-refractivity contribution in [2.24, 2.45) is 5.92 Å². The van der Waals surface area contributed by atoms with Gasteiger partial charge >= 0.3 is 0 Å². The highest BCUT2D eigenvalue weighted by atomic mass is 15.3. The summed E-state index contributed by atoms with van der Waals surface area (Å²) in [5.41, 5.74) is 0. The normalized spacial score (nSPS) is 11.2. The Morgan fingerprint density at radius 1 is 1.44 bits per heavy atom. The molecule has 0 aliphatic carbocycles. The predicted octanol–water partition coefficient (Wildman–Crippen LogP) is 1.87. The molecule has 4 heteroatoms. The van der Waals surface area contributed by atoms with Crippen molar-refractivity contribution in [1.82, 2.24) is 20.1 Å². The third kappa shape index (κ3) is 4.75. The maximum atomic E-state index is 4.29. The van der Waals surface area contributed by atoms with Crippen LogP contribution in [0.2, 0.25) is 0 Å². The van der Waals surface area contributed by atoms with E-state index in [2.05, 4.69) is 36.2 Å². The minimum atomic E-state index is 0.726. The van der Waals surface area contributed by atoms with E-state index in [-0.39, 0.29) is 0 Å². The second kappa shape index (κ2) is 7.39. The van der Waals surface area contributed by atoms with Crippen LogP contribution in [0.15, 0.2) is 6.33 Å². The predicted molar refractivity (Wildman–Crippen MR) is 66.3 cm³/mol. The topological polar surface area (TPSA) is 42.7 Å². The quantitative estimate of drug-likeness (QED) is 0.685. The third-order valence-corrected chi connectivity index (χ3v) is 2.44. The maximum Gasteiger partial charge on any atom is 0.138 e. The van der Waals surface area contributed by atoms with Gasteiger partial charge in [0.25, 0.3) is 0 Å². The molecule has 0 saturated heterocycles. The zero-order valence-corrected chi connectivity index (χ0v) is 10.7. The first kappa shape index (κ1) is 13.2. The van der Waals surface area contributed by atoms with Crippen molar-refractivity contribution in [1.29, 1.82) is 0 Å². The van der Waals surface area contributed by atoms with E-state index in [4.69, 9.17) is 0 Å². The van der Waals surface area contributed by atoms with Crippen LogP contribution < -0.4 is 5.32 Å². The summed E-state index contributed by atoms with van der Waals surface area (Å²) in [6, 6.07) is 0. The molecule has 0 spiro atoms. The van der Waals surface area contributed by atoms with Crippen LogP contribution in [-0.4, -0.2) is 27.9 Å². The van der Waals surface area contributed by atoms with Gasteiger partial charge in [0.15, 0.2) is 0 Å². The van der Waals surface area contributed by atoms with Gasteiger partial charge in [-0.25, -0.2) is 4.98 Å². The lowest BCUT2D eigenvalue weighted by Crippen LogP contribution is -2.21. The van der Waals surface area contributed by atoms with Gasteiger partial charge < -0.3 is 5.32 Å². The van der Waals surface area contributed by atoms with Crippen LogP contribution in [0.25, 0.3) is 0 Å². The Morgan fingerprint density at radius 3 is 2.94 bits per heavy atom. The highest BCUT2D eigenvalue weighted by Crippen LogP contribution is 1.99. The Bertz CT molecular complexity index is 280. The van der Waals surface area contributed by atoms with Crippen molar-refractivity contribution in [2.45, 2.75) is 46.6 Å². The molecular weight excluding hydrogens is 200 g/mol. The first-order valence-corrected chi connectivity index (χ1v) is 6.31. The summed E-state index contributed by atoms with van der Waals surface area (Å²) >= 11 is 0. The third-order valence-electron chi connectivity index (χ3n) is 2.44. The fourth-order valence-corrected chi connectivity index (χ4v) is 1.64. The van der Waals surface area contributed by atoms with Crippen LogP contribution in [0.3, 0.4) is 0 Å². The molecule has 0 fully saturated rings. The molecule has 0 aliphatic heterocycles. The van der Waals surface area contributed by atoms with Crippen molar-refractivity contribution < 1.29 is 0 Å². The minimum absolute atomic E-state index is 0.726. The number of hydrogen-bond donors (Lipinski definition) is 1. The monoisotopic (exact) mass is 224 g/mol. The SMILES string of the molecule is CCCn1ncnc1CCCNCC(C)C. The minimum Gasteiger partial charge on any atom is -0.316 e. The summed E-state index contributed by atoms with van der Waals surface area (Å²) in [6.07, 6.45) is 4.93. The highest BCUT2D eigenvalue weighted by molar-refractivity contribution is 4.84. The van der Waals surface area contributed by atoms with E-state index in [1.807, 2.05) is 4.68 Å². The molecule has 1 aromatic rings. The lowest BCUT2D eigenvalue weighted by atomic mass is 10.2. The molecular formula is C12H24N4. The first-order chi connectivity index (χ1) is 7.74. The van der Waals surface area contributed by atoms with Crippen LogP contribution in [0.1, 0.15) is 39.4 Å². The van der Waals surface area contributed by atoms with E-state index in [0.29, 0.717) is 0 Å². The van der Waals surface area contributed by atoms with Gasteiger partial charge in [0.1, 0.15) is 12.2 Å². The molecule has 0 bridgehead atoms. The van der Waals surface area contributed by atoms with Gasteiger partial charge in [-0.2, -0.15) is 5.10 Å². The molecule has 1 aromatic heterocycles. The highest BCUT2D eigenvalue weighted by Gasteiger charge is 2.02. The van der Waals surface area contributed by atoms with E-state index in [9.17, 15) is 0 Å². The smallest absolute Gasteiger partial charge is 0.138 e. The number of hydrogen-bond acceptors (Lipinski definition) is 3. The van der Waals surface area contributed by atoms with E-state index in [0.717, 1.165) is 50.6 Å². The van der Waals surface area contributed by atoms with Crippen LogP contribution >= 0.6 is 0 Å². The lowest BCUT2D eigenvalue weighted by molar-refractivity contribution is 0.525. The maximum absolute atomic E-state index is 4.29. The molecule has 1 rings (SSSR count). The summed E-state index contributed by atoms with van der Waals surface area (Å²) in [5.74, 6) is 1.84. The molecule has 0 unspecified atom stereocenters. The number of nitrogens with one attached hydrogen (secondary N) is 1. The molecule has 1 N–H and O–H groups in total. The Morgan fingerprint density at radius 2 is 2.25 bits per heavy atom. The van der Waals surface area contributed by atoms with Crippen LogP contribution in [-0.2, 0) is 13.0 Å². The van der Waals surface area contributed by atoms with Crippen LogP contribution in [0.5, 0.6) is 0 Å². The summed E-state index contributed by atoms with van der Waals surface area (Å²) in [6.45, 7) is 9.76. The van der Waals surface area contributed by atoms with Gasteiger partial charge in [-0.15, -0.1) is 0 Å². The van der Waals surface area contributed by atoms with E-state index in [1.54, 1.807) is 6.33 Å². The number of rotatable bonds is 8. The second-order valence-electron chi connectivity index (χ2n) is 4.60. The molecule has 1 heterocycles. The molecule has 0 radical (unpaired) electrons. The Labute approximate surface area is 98.5 Å². The average Bonchev–Trinajstić information content (AvgIpc) is 2.65. The van der Waals surface area contributed by atoms with Crippen LogP contribution in [0, 0.1) is 5.92 Å². The van der Waals surface area contributed by atoms with Gasteiger partial charge in [-0.3, -0.25) is 4.68 Å². The van der Waals surface area contributed by atoms with Crippen molar-refractivity contribution in [3.8, 4) is 0 Å². The zero-order valence-electron chi connectivity index (χ0n) is 10.7. The summed E-state index contributed by atoms with van der Waals surface area (Å²) in [4.78, 5) is 4.29. The first-order valence-electron chi connectivity index (χ1n) is 6.31. The number of aromatic nitrogens is 3. The average molecular weight is 224 g/mol. The molecule has 0 aromatic carbocycles. The molecule has 0 saturated carbocycles. The fourth-order valence-electron chi connectivity index (χ4n) is 1.64. The Balaban J connectivity index is 2.18. The molecule has 0 aliphatic rings. The summed E-state index contributed by atoms with van der Waals surface area (Å²) in [7, 11) is 0. The largest absolute Gasteiger partial charge is 0.316 e. The van der Waals surface area contributed by atoms with Gasteiger partial charge in [-0.1, -0.05) is 20.8 Å². The van der Waals surface area contributed by atoms with Gasteiger partial charge in [0, 0.05) is 13.0 Å². The summed E-state index contributed by atoms with van der Waals surface area (Å²) in [5, 5.41) is 7.66. The van der Waals surface area contributed by atoms with Crippen molar-refractivity contribution in [3.05, 3.63) is 12.2 Å². The second-order valence-corrected chi connectivity index (χ2v) is 4.60. The molecule has 92 valence electrons. The summed E-state index contributed by atoms with van der Waals surface area (Å²) < 4.78 is 2.02. The Hall–Kier alpha value is -0.900. The van der Waals surface area contributed by atoms with Crippen molar-refractivity contribution in [2.75, 3.05) is 13.1 Å².